The maximum atomic E-state index is 10.4. The number of ether oxygens (including phenoxy) is 1. The topological polar surface area (TPSA) is 269 Å². The van der Waals surface area contributed by atoms with Gasteiger partial charge < -0.3 is 56.4 Å². The molecule has 1 fully saturated rings. The molecule has 2 unspecified atom stereocenters. The van der Waals surface area contributed by atoms with Crippen LogP contribution in [0.1, 0.15) is 6.42 Å². The fraction of sp³-hybridized carbons (Fsp3) is 0.750. The molecule has 0 aromatic heterocycles. The highest BCUT2D eigenvalue weighted by molar-refractivity contribution is 5.90. The quantitative estimate of drug-likeness (QED) is 0.204. The molecule has 0 aromatic carbocycles. The standard InChI is InChI=1S/C6H13NO5.C6H8O8/c7-3-5(10)4(9)2(1-8)12-6(3)11;7-2(8)1-6(14,5(12)13)3(9)4(10)11/h2-6,8-11H,1,7H2;3,9,14H,1H2,(H,7,8)(H,10,11)(H,12,13)/t2-,3-,4-,5-,6-;/m1./s1. The van der Waals surface area contributed by atoms with Crippen molar-refractivity contribution in [2.45, 2.75) is 48.8 Å². The van der Waals surface area contributed by atoms with Crippen LogP contribution in [0.5, 0.6) is 0 Å². The number of aliphatic carboxylic acids is 3. The van der Waals surface area contributed by atoms with E-state index >= 15 is 0 Å². The molecule has 152 valence electrons. The third-order valence-corrected chi connectivity index (χ3v) is 3.43. The van der Waals surface area contributed by atoms with Gasteiger partial charge in [0.2, 0.25) is 5.60 Å². The van der Waals surface area contributed by atoms with Gasteiger partial charge in [0, 0.05) is 0 Å². The molecule has 1 saturated heterocycles. The summed E-state index contributed by atoms with van der Waals surface area (Å²) in [5, 5.41) is 78.7. The summed E-state index contributed by atoms with van der Waals surface area (Å²) in [5.74, 6) is -5.87. The number of carboxylic acids is 3. The zero-order chi connectivity index (χ0) is 20.8. The van der Waals surface area contributed by atoms with Gasteiger partial charge in [-0.25, -0.2) is 9.59 Å². The molecular weight excluding hydrogens is 366 g/mol. The average Bonchev–Trinajstić information content (AvgIpc) is 2.55. The first-order valence-electron chi connectivity index (χ1n) is 6.94. The van der Waals surface area contributed by atoms with Crippen molar-refractivity contribution in [3.8, 4) is 0 Å². The first-order valence-corrected chi connectivity index (χ1v) is 6.94. The van der Waals surface area contributed by atoms with Gasteiger partial charge in [0.05, 0.1) is 19.1 Å². The second-order valence-electron chi connectivity index (χ2n) is 5.35. The smallest absolute Gasteiger partial charge is 0.339 e. The predicted octanol–water partition coefficient (Wildman–Crippen LogP) is -5.53. The maximum Gasteiger partial charge on any atom is 0.339 e. The lowest BCUT2D eigenvalue weighted by molar-refractivity contribution is -0.248. The molecule has 1 aliphatic rings. The fourth-order valence-corrected chi connectivity index (χ4v) is 1.84. The Hall–Kier alpha value is -1.91. The summed E-state index contributed by atoms with van der Waals surface area (Å²) < 4.78 is 4.70. The van der Waals surface area contributed by atoms with Crippen molar-refractivity contribution >= 4 is 17.9 Å². The highest BCUT2D eigenvalue weighted by Gasteiger charge is 2.49. The van der Waals surface area contributed by atoms with Gasteiger partial charge in [-0.05, 0) is 0 Å². The molecule has 1 aliphatic heterocycles. The van der Waals surface area contributed by atoms with Crippen LogP contribution in [0.15, 0.2) is 0 Å². The number of carbonyl (C=O) groups is 3. The number of rotatable bonds is 6. The van der Waals surface area contributed by atoms with E-state index in [0.29, 0.717) is 0 Å². The lowest BCUT2D eigenvalue weighted by atomic mass is 9.93. The van der Waals surface area contributed by atoms with Crippen LogP contribution >= 0.6 is 0 Å². The van der Waals surface area contributed by atoms with Crippen molar-refractivity contribution in [1.82, 2.24) is 0 Å². The molecule has 0 bridgehead atoms. The molecule has 0 amide bonds. The highest BCUT2D eigenvalue weighted by atomic mass is 16.6. The van der Waals surface area contributed by atoms with E-state index in [1.807, 2.05) is 0 Å². The van der Waals surface area contributed by atoms with Crippen LogP contribution < -0.4 is 5.73 Å². The molecule has 14 nitrogen and oxygen atoms in total. The normalized spacial score (nSPS) is 31.7. The molecule has 1 rings (SSSR count). The third kappa shape index (κ3) is 5.82. The summed E-state index contributed by atoms with van der Waals surface area (Å²) in [7, 11) is 0. The van der Waals surface area contributed by atoms with Crippen molar-refractivity contribution in [2.24, 2.45) is 5.73 Å². The summed E-state index contributed by atoms with van der Waals surface area (Å²) in [6, 6.07) is -1.04. The number of aliphatic hydroxyl groups is 6. The summed E-state index contributed by atoms with van der Waals surface area (Å²) in [5.41, 5.74) is 2.04. The molecule has 0 aliphatic carbocycles. The first kappa shape index (κ1) is 24.1. The van der Waals surface area contributed by atoms with Crippen molar-refractivity contribution in [3.63, 3.8) is 0 Å². The molecule has 0 radical (unpaired) electrons. The SMILES string of the molecule is N[C@@H]1[C@@H](O)[C@H](O)[C@@H](CO)O[C@H]1O.O=C(O)CC(O)(C(=O)O)C(O)C(=O)O. The monoisotopic (exact) mass is 387 g/mol. The molecule has 0 aromatic rings. The largest absolute Gasteiger partial charge is 0.481 e. The number of nitrogens with two attached hydrogens (primary N) is 1. The van der Waals surface area contributed by atoms with Crippen LogP contribution in [-0.4, -0.2) is 113 Å². The Bertz CT molecular complexity index is 509. The minimum Gasteiger partial charge on any atom is -0.481 e. The van der Waals surface area contributed by atoms with Gasteiger partial charge in [-0.2, -0.15) is 0 Å². The van der Waals surface area contributed by atoms with Gasteiger partial charge in [0.1, 0.15) is 18.3 Å². The van der Waals surface area contributed by atoms with E-state index in [1.165, 1.54) is 0 Å². The first-order chi connectivity index (χ1) is 11.8. The predicted molar refractivity (Wildman–Crippen MR) is 76.4 cm³/mol. The Kier molecular flexibility index (Phi) is 8.98. The van der Waals surface area contributed by atoms with E-state index in [9.17, 15) is 24.6 Å². The fourth-order valence-electron chi connectivity index (χ4n) is 1.84. The molecule has 14 heteroatoms. The summed E-state index contributed by atoms with van der Waals surface area (Å²) >= 11 is 0. The van der Waals surface area contributed by atoms with Crippen LogP contribution in [0.4, 0.5) is 0 Å². The molecule has 0 spiro atoms. The van der Waals surface area contributed by atoms with Gasteiger partial charge in [-0.15, -0.1) is 0 Å². The second-order valence-corrected chi connectivity index (χ2v) is 5.35. The Balaban J connectivity index is 0.000000485. The van der Waals surface area contributed by atoms with Gasteiger partial charge in [-0.3, -0.25) is 4.79 Å². The molecule has 26 heavy (non-hydrogen) atoms. The maximum absolute atomic E-state index is 10.4. The van der Waals surface area contributed by atoms with Crippen LogP contribution in [0.2, 0.25) is 0 Å². The highest BCUT2D eigenvalue weighted by Crippen LogP contribution is 2.18. The second kappa shape index (κ2) is 9.70. The van der Waals surface area contributed by atoms with Gasteiger partial charge in [0.15, 0.2) is 12.4 Å². The van der Waals surface area contributed by atoms with E-state index < -0.39 is 73.3 Å². The zero-order valence-corrected chi connectivity index (χ0v) is 13.1. The van der Waals surface area contributed by atoms with E-state index in [2.05, 4.69) is 0 Å². The Morgan fingerprint density at radius 1 is 1.08 bits per heavy atom. The van der Waals surface area contributed by atoms with E-state index in [-0.39, 0.29) is 0 Å². The van der Waals surface area contributed by atoms with Gasteiger partial charge in [0.25, 0.3) is 0 Å². The molecule has 11 N–H and O–H groups in total. The minimum absolute atomic E-state index is 0.470. The third-order valence-electron chi connectivity index (χ3n) is 3.43. The molecule has 1 heterocycles. The molecular formula is C12H21NO13. The molecule has 7 atom stereocenters. The van der Waals surface area contributed by atoms with Crippen molar-refractivity contribution in [3.05, 3.63) is 0 Å². The van der Waals surface area contributed by atoms with Gasteiger partial charge >= 0.3 is 17.9 Å². The Morgan fingerprint density at radius 3 is 1.92 bits per heavy atom. The van der Waals surface area contributed by atoms with Crippen LogP contribution in [0.25, 0.3) is 0 Å². The molecule has 0 saturated carbocycles. The van der Waals surface area contributed by atoms with Crippen molar-refractivity contribution in [1.29, 1.82) is 0 Å². The lowest BCUT2D eigenvalue weighted by Crippen LogP contribution is -2.61. The summed E-state index contributed by atoms with van der Waals surface area (Å²) in [6.45, 7) is -0.470. The zero-order valence-electron chi connectivity index (χ0n) is 13.1. The van der Waals surface area contributed by atoms with E-state index in [0.717, 1.165) is 0 Å². The van der Waals surface area contributed by atoms with Crippen LogP contribution in [0, 0.1) is 0 Å². The Morgan fingerprint density at radius 2 is 1.58 bits per heavy atom. The summed E-state index contributed by atoms with van der Waals surface area (Å²) in [4.78, 5) is 30.7. The number of carboxylic acid groups (broad SMARTS) is 3. The van der Waals surface area contributed by atoms with Crippen LogP contribution in [0.3, 0.4) is 0 Å². The minimum atomic E-state index is -3.22. The average molecular weight is 387 g/mol. The number of hydrogen-bond donors (Lipinski definition) is 10. The van der Waals surface area contributed by atoms with Crippen molar-refractivity contribution in [2.75, 3.05) is 6.61 Å². The summed E-state index contributed by atoms with van der Waals surface area (Å²) in [6.07, 6.45) is -8.96. The lowest BCUT2D eigenvalue weighted by Gasteiger charge is -2.38. The van der Waals surface area contributed by atoms with E-state index in [1.54, 1.807) is 0 Å². The Labute approximate surface area is 145 Å². The van der Waals surface area contributed by atoms with Crippen LogP contribution in [-0.2, 0) is 19.1 Å². The van der Waals surface area contributed by atoms with Gasteiger partial charge in [-0.1, -0.05) is 0 Å². The van der Waals surface area contributed by atoms with Crippen molar-refractivity contribution < 1.29 is 65.1 Å². The number of aliphatic hydroxyl groups excluding tert-OH is 5. The number of hydrogen-bond acceptors (Lipinski definition) is 11. The van der Waals surface area contributed by atoms with E-state index in [4.69, 9.17) is 46.2 Å².